The van der Waals surface area contributed by atoms with E-state index in [1.54, 1.807) is 0 Å². The third kappa shape index (κ3) is 11.0. The minimum Gasteiger partial charge on any atom is -0.463 e. The van der Waals surface area contributed by atoms with Gasteiger partial charge >= 0.3 is 17.6 Å². The highest BCUT2D eigenvalue weighted by Crippen LogP contribution is 2.38. The van der Waals surface area contributed by atoms with Crippen LogP contribution in [0.5, 0.6) is 0 Å². The van der Waals surface area contributed by atoms with Crippen molar-refractivity contribution in [3.8, 4) is 0 Å². The molecule has 1 aliphatic heterocycles. The average Bonchev–Trinajstić information content (AvgIpc) is 3.33. The number of Topliss-reactive ketones (excluding diaryl/α,β-unsaturated/α-hetero) is 1. The molecule has 1 aliphatic rings. The molecule has 1 aromatic rings. The number of hydrogen-bond donors (Lipinski definition) is 1. The van der Waals surface area contributed by atoms with Crippen LogP contribution in [0.2, 0.25) is 0 Å². The normalized spacial score (nSPS) is 19.8. The maximum absolute atomic E-state index is 14.7. The van der Waals surface area contributed by atoms with Crippen molar-refractivity contribution in [1.82, 2.24) is 9.13 Å². The third-order valence-electron chi connectivity index (χ3n) is 7.76. The van der Waals surface area contributed by atoms with Gasteiger partial charge in [0.05, 0.1) is 6.20 Å². The van der Waals surface area contributed by atoms with Gasteiger partial charge in [0.2, 0.25) is 5.82 Å². The summed E-state index contributed by atoms with van der Waals surface area (Å²) >= 11 is 0. The summed E-state index contributed by atoms with van der Waals surface area (Å²) in [7, 11) is 0. The van der Waals surface area contributed by atoms with Crippen LogP contribution in [0.4, 0.5) is 4.39 Å². The van der Waals surface area contributed by atoms with E-state index in [0.717, 1.165) is 62.4 Å². The second kappa shape index (κ2) is 18.7. The molecule has 1 saturated heterocycles. The summed E-state index contributed by atoms with van der Waals surface area (Å²) in [4.78, 5) is 63.3. The van der Waals surface area contributed by atoms with E-state index in [9.17, 15) is 33.5 Å². The van der Waals surface area contributed by atoms with Crippen molar-refractivity contribution in [2.75, 3.05) is 6.61 Å². The summed E-state index contributed by atoms with van der Waals surface area (Å²) in [6.07, 6.45) is 7.92. The highest BCUT2D eigenvalue weighted by atomic mass is 19.1. The molecule has 2 heterocycles. The van der Waals surface area contributed by atoms with Crippen molar-refractivity contribution in [2.24, 2.45) is 0 Å². The van der Waals surface area contributed by atoms with Gasteiger partial charge in [-0.1, -0.05) is 78.6 Å². The van der Waals surface area contributed by atoms with Gasteiger partial charge in [0, 0.05) is 25.7 Å². The summed E-state index contributed by atoms with van der Waals surface area (Å²) in [5.41, 5.74) is -4.43. The molecule has 2 rings (SSSR count). The Bertz CT molecular complexity index is 1160. The first kappa shape index (κ1) is 36.3. The molecule has 12 heteroatoms. The first-order valence-corrected chi connectivity index (χ1v) is 15.8. The van der Waals surface area contributed by atoms with Crippen LogP contribution in [-0.2, 0) is 35.3 Å². The molecule has 0 aromatic carbocycles. The smallest absolute Gasteiger partial charge is 0.336 e. The third-order valence-corrected chi connectivity index (χ3v) is 7.76. The van der Waals surface area contributed by atoms with Gasteiger partial charge in [-0.15, -0.1) is 0 Å². The zero-order valence-corrected chi connectivity index (χ0v) is 25.9. The highest BCUT2D eigenvalue weighted by Gasteiger charge is 2.53. The van der Waals surface area contributed by atoms with Crippen molar-refractivity contribution in [2.45, 2.75) is 148 Å². The second-order valence-electron chi connectivity index (χ2n) is 11.3. The van der Waals surface area contributed by atoms with Crippen molar-refractivity contribution >= 4 is 17.7 Å². The van der Waals surface area contributed by atoms with Gasteiger partial charge in [0.25, 0.3) is 5.56 Å². The van der Waals surface area contributed by atoms with Crippen LogP contribution in [0.1, 0.15) is 130 Å². The SMILES string of the molecule is CCCCCCC(=O)OC[C@H]1O[C@@H](n2cc(F)c(=O)n(COC(=O)CCCCCC)c2=O)C[C@@]1(O)C(=O)CCCCCC. The summed E-state index contributed by atoms with van der Waals surface area (Å²) in [6.45, 7) is 4.88. The molecule has 11 nitrogen and oxygen atoms in total. The quantitative estimate of drug-likeness (QED) is 0.154. The Kier molecular flexibility index (Phi) is 15.8. The van der Waals surface area contributed by atoms with Crippen LogP contribution >= 0.6 is 0 Å². The lowest BCUT2D eigenvalue weighted by Crippen LogP contribution is -2.48. The van der Waals surface area contributed by atoms with Crippen molar-refractivity contribution in [3.63, 3.8) is 0 Å². The molecule has 0 unspecified atom stereocenters. The van der Waals surface area contributed by atoms with E-state index in [2.05, 4.69) is 6.92 Å². The molecule has 0 bridgehead atoms. The Labute approximate surface area is 252 Å². The van der Waals surface area contributed by atoms with E-state index in [1.165, 1.54) is 0 Å². The molecule has 0 aliphatic carbocycles. The van der Waals surface area contributed by atoms with Crippen molar-refractivity contribution in [1.29, 1.82) is 0 Å². The molecule has 0 radical (unpaired) electrons. The maximum Gasteiger partial charge on any atom is 0.336 e. The number of rotatable bonds is 21. The van der Waals surface area contributed by atoms with Gasteiger partial charge in [0.1, 0.15) is 18.9 Å². The Morgan fingerprint density at radius 2 is 1.42 bits per heavy atom. The van der Waals surface area contributed by atoms with E-state index in [1.807, 2.05) is 13.8 Å². The molecule has 1 N–H and O–H groups in total. The maximum atomic E-state index is 14.7. The lowest BCUT2D eigenvalue weighted by Gasteiger charge is -2.26. The minimum atomic E-state index is -2.11. The number of halogens is 1. The molecule has 1 aromatic heterocycles. The van der Waals surface area contributed by atoms with Gasteiger partial charge in [-0.05, 0) is 19.3 Å². The predicted octanol–water partition coefficient (Wildman–Crippen LogP) is 4.69. The van der Waals surface area contributed by atoms with Crippen LogP contribution < -0.4 is 11.2 Å². The van der Waals surface area contributed by atoms with E-state index >= 15 is 0 Å². The van der Waals surface area contributed by atoms with E-state index in [-0.39, 0.29) is 19.3 Å². The summed E-state index contributed by atoms with van der Waals surface area (Å²) < 4.78 is 32.2. The van der Waals surface area contributed by atoms with Gasteiger partial charge in [-0.2, -0.15) is 4.39 Å². The zero-order chi connectivity index (χ0) is 31.8. The lowest BCUT2D eigenvalue weighted by atomic mass is 9.87. The van der Waals surface area contributed by atoms with Crippen LogP contribution in [0.15, 0.2) is 15.8 Å². The van der Waals surface area contributed by atoms with Gasteiger partial charge in [-0.25, -0.2) is 9.36 Å². The van der Waals surface area contributed by atoms with Crippen LogP contribution in [-0.4, -0.2) is 50.3 Å². The molecule has 0 saturated carbocycles. The Balaban J connectivity index is 2.23. The number of esters is 2. The predicted molar refractivity (Wildman–Crippen MR) is 157 cm³/mol. The van der Waals surface area contributed by atoms with E-state index in [0.29, 0.717) is 30.0 Å². The second-order valence-corrected chi connectivity index (χ2v) is 11.3. The summed E-state index contributed by atoms with van der Waals surface area (Å²) in [5.74, 6) is -2.98. The van der Waals surface area contributed by atoms with Crippen LogP contribution in [0, 0.1) is 5.82 Å². The number of carbonyl (C=O) groups excluding carboxylic acids is 3. The molecule has 244 valence electrons. The molecule has 43 heavy (non-hydrogen) atoms. The molecular formula is C31H49FN2O9. The first-order chi connectivity index (χ1) is 20.6. The summed E-state index contributed by atoms with van der Waals surface area (Å²) in [5, 5.41) is 11.5. The molecule has 0 amide bonds. The standard InChI is InChI=1S/C31H49FN2O9/c1-4-7-10-13-16-24(35)31(40)19-26(43-25(31)21-41-27(36)17-14-11-8-5-2)33-20-23(32)29(38)34(30(33)39)22-42-28(37)18-15-12-9-6-3/h20,25-26,40H,4-19,21-22H2,1-3H3/t25-,26-,31-/m1/s1. The van der Waals surface area contributed by atoms with Crippen molar-refractivity contribution in [3.05, 3.63) is 32.9 Å². The minimum absolute atomic E-state index is 0.0466. The molecule has 1 fully saturated rings. The number of aromatic nitrogens is 2. The number of nitrogens with zero attached hydrogens (tertiary/aromatic N) is 2. The van der Waals surface area contributed by atoms with Crippen molar-refractivity contribution < 1.29 is 38.1 Å². The monoisotopic (exact) mass is 612 g/mol. The number of aliphatic hydroxyl groups is 1. The number of carbonyl (C=O) groups is 3. The summed E-state index contributed by atoms with van der Waals surface area (Å²) in [6, 6.07) is 0. The largest absolute Gasteiger partial charge is 0.463 e. The molecule has 3 atom stereocenters. The fourth-order valence-electron chi connectivity index (χ4n) is 5.06. The fraction of sp³-hybridized carbons (Fsp3) is 0.774. The Hall–Kier alpha value is -2.86. The van der Waals surface area contributed by atoms with Gasteiger partial charge < -0.3 is 19.3 Å². The Morgan fingerprint density at radius 3 is 1.98 bits per heavy atom. The first-order valence-electron chi connectivity index (χ1n) is 15.8. The topological polar surface area (TPSA) is 143 Å². The van der Waals surface area contributed by atoms with Gasteiger partial charge in [0.15, 0.2) is 18.1 Å². The molecule has 0 spiro atoms. The van der Waals surface area contributed by atoms with E-state index < -0.39 is 72.5 Å². The van der Waals surface area contributed by atoms with Crippen LogP contribution in [0.25, 0.3) is 0 Å². The van der Waals surface area contributed by atoms with Gasteiger partial charge in [-0.3, -0.25) is 23.7 Å². The highest BCUT2D eigenvalue weighted by molar-refractivity contribution is 5.88. The average molecular weight is 613 g/mol. The van der Waals surface area contributed by atoms with E-state index in [4.69, 9.17) is 14.2 Å². The number of hydrogen-bond acceptors (Lipinski definition) is 9. The lowest BCUT2D eigenvalue weighted by molar-refractivity contribution is -0.160. The van der Waals surface area contributed by atoms with Crippen LogP contribution in [0.3, 0.4) is 0 Å². The molecular weight excluding hydrogens is 563 g/mol. The number of unbranched alkanes of at least 4 members (excludes halogenated alkanes) is 9. The fourth-order valence-corrected chi connectivity index (χ4v) is 5.06. The number of ketones is 1. The number of ether oxygens (including phenoxy) is 3. The zero-order valence-electron chi connectivity index (χ0n) is 25.9. The Morgan fingerprint density at radius 1 is 0.884 bits per heavy atom.